The zero-order chi connectivity index (χ0) is 16.3. The highest BCUT2D eigenvalue weighted by Crippen LogP contribution is 2.12. The van der Waals surface area contributed by atoms with Crippen LogP contribution in [0.4, 0.5) is 5.69 Å². The lowest BCUT2D eigenvalue weighted by molar-refractivity contribution is -0.143. The third kappa shape index (κ3) is 7.51. The quantitative estimate of drug-likeness (QED) is 0.237. The van der Waals surface area contributed by atoms with E-state index in [1.807, 2.05) is 37.3 Å². The lowest BCUT2D eigenvalue weighted by Gasteiger charge is -2.30. The van der Waals surface area contributed by atoms with E-state index in [2.05, 4.69) is 10.2 Å². The predicted octanol–water partition coefficient (Wildman–Crippen LogP) is 3.90. The Labute approximate surface area is 161 Å². The third-order valence-corrected chi connectivity index (χ3v) is 3.79. The van der Waals surface area contributed by atoms with Gasteiger partial charge >= 0.3 is 5.97 Å². The molecule has 1 aliphatic rings. The maximum absolute atomic E-state index is 11.4. The number of guanidine groups is 1. The van der Waals surface area contributed by atoms with Crippen LogP contribution in [-0.2, 0) is 9.53 Å². The summed E-state index contributed by atoms with van der Waals surface area (Å²) in [7, 11) is 0. The number of ether oxygens (including phenoxy) is 1. The molecule has 0 aliphatic carbocycles. The van der Waals surface area contributed by atoms with Gasteiger partial charge in [0.2, 0.25) is 0 Å². The van der Waals surface area contributed by atoms with Crippen molar-refractivity contribution in [1.29, 1.82) is 0 Å². The molecule has 0 bridgehead atoms. The number of piperidine rings is 1. The van der Waals surface area contributed by atoms with E-state index < -0.39 is 0 Å². The van der Waals surface area contributed by atoms with Gasteiger partial charge in [-0.05, 0) is 44.7 Å². The second-order valence-electron chi connectivity index (χ2n) is 5.65. The van der Waals surface area contributed by atoms with Crippen molar-refractivity contribution in [2.45, 2.75) is 39.0 Å². The van der Waals surface area contributed by atoms with Crippen molar-refractivity contribution < 1.29 is 9.53 Å². The number of anilines is 1. The van der Waals surface area contributed by atoms with Gasteiger partial charge in [0.15, 0.2) is 5.96 Å². The minimum Gasteiger partial charge on any atom is -0.466 e. The van der Waals surface area contributed by atoms with Crippen LogP contribution in [0.5, 0.6) is 0 Å². The minimum absolute atomic E-state index is 0. The Kier molecular flexibility index (Phi) is 10.5. The summed E-state index contributed by atoms with van der Waals surface area (Å²) in [5.74, 6) is 0.776. The fraction of sp³-hybridized carbons (Fsp3) is 0.556. The van der Waals surface area contributed by atoms with Gasteiger partial charge in [0.1, 0.15) is 0 Å². The van der Waals surface area contributed by atoms with E-state index >= 15 is 0 Å². The van der Waals surface area contributed by atoms with Gasteiger partial charge < -0.3 is 15.0 Å². The first-order valence-corrected chi connectivity index (χ1v) is 8.56. The molecule has 1 aromatic rings. The van der Waals surface area contributed by atoms with E-state index in [0.717, 1.165) is 24.7 Å². The van der Waals surface area contributed by atoms with Crippen molar-refractivity contribution in [3.8, 4) is 0 Å². The number of halogens is 1. The van der Waals surface area contributed by atoms with Crippen molar-refractivity contribution in [3.05, 3.63) is 30.3 Å². The first-order chi connectivity index (χ1) is 11.3. The van der Waals surface area contributed by atoms with Crippen molar-refractivity contribution in [3.63, 3.8) is 0 Å². The molecule has 6 heteroatoms. The van der Waals surface area contributed by atoms with Crippen LogP contribution in [0, 0.1) is 0 Å². The molecule has 0 aromatic heterocycles. The van der Waals surface area contributed by atoms with Gasteiger partial charge in [-0.3, -0.25) is 9.79 Å². The van der Waals surface area contributed by atoms with Gasteiger partial charge in [-0.1, -0.05) is 18.2 Å². The Morgan fingerprint density at radius 2 is 1.92 bits per heavy atom. The molecule has 1 aliphatic heterocycles. The van der Waals surface area contributed by atoms with Gasteiger partial charge in [0, 0.05) is 31.7 Å². The average Bonchev–Trinajstić information content (AvgIpc) is 2.59. The number of benzene rings is 1. The highest BCUT2D eigenvalue weighted by Gasteiger charge is 2.15. The Balaban J connectivity index is 0.00000288. The zero-order valence-corrected chi connectivity index (χ0v) is 16.7. The standard InChI is InChI=1S/C18H27N3O2.HI/c1-2-23-17(22)12-9-13-19-18(21-14-7-4-8-15-21)20-16-10-5-3-6-11-16;/h3,5-6,10-11H,2,4,7-9,12-15H2,1H3,(H,19,20);1H. The molecule has 24 heavy (non-hydrogen) atoms. The molecule has 0 radical (unpaired) electrons. The number of para-hydroxylation sites is 1. The molecule has 1 saturated heterocycles. The first-order valence-electron chi connectivity index (χ1n) is 8.56. The summed E-state index contributed by atoms with van der Waals surface area (Å²) in [4.78, 5) is 18.4. The first kappa shape index (κ1) is 20.7. The molecule has 1 N–H and O–H groups in total. The zero-order valence-electron chi connectivity index (χ0n) is 14.4. The normalized spacial score (nSPS) is 14.7. The number of likely N-dealkylation sites (tertiary alicyclic amines) is 1. The molecule has 0 unspecified atom stereocenters. The summed E-state index contributed by atoms with van der Waals surface area (Å²) in [5, 5.41) is 3.42. The molecule has 1 fully saturated rings. The van der Waals surface area contributed by atoms with Gasteiger partial charge in [0.05, 0.1) is 6.61 Å². The van der Waals surface area contributed by atoms with Crippen molar-refractivity contribution >= 4 is 41.6 Å². The summed E-state index contributed by atoms with van der Waals surface area (Å²) in [6.07, 6.45) is 4.84. The van der Waals surface area contributed by atoms with E-state index in [-0.39, 0.29) is 29.9 Å². The summed E-state index contributed by atoms with van der Waals surface area (Å²) in [5.41, 5.74) is 1.04. The molecule has 5 nitrogen and oxygen atoms in total. The summed E-state index contributed by atoms with van der Waals surface area (Å²) in [6.45, 7) is 4.97. The Morgan fingerprint density at radius 1 is 1.21 bits per heavy atom. The summed E-state index contributed by atoms with van der Waals surface area (Å²) >= 11 is 0. The highest BCUT2D eigenvalue weighted by atomic mass is 127. The highest BCUT2D eigenvalue weighted by molar-refractivity contribution is 14.0. The number of nitrogens with zero attached hydrogens (tertiary/aromatic N) is 2. The maximum atomic E-state index is 11.4. The van der Waals surface area contributed by atoms with Crippen molar-refractivity contribution in [2.24, 2.45) is 4.99 Å². The smallest absolute Gasteiger partial charge is 0.305 e. The molecule has 0 atom stereocenters. The number of aliphatic imine (C=N–C) groups is 1. The van der Waals surface area contributed by atoms with E-state index in [1.54, 1.807) is 0 Å². The summed E-state index contributed by atoms with van der Waals surface area (Å²) < 4.78 is 4.95. The molecular formula is C18H28IN3O2. The SMILES string of the molecule is CCOC(=O)CCCN=C(Nc1ccccc1)N1CCCCC1.I. The largest absolute Gasteiger partial charge is 0.466 e. The average molecular weight is 445 g/mol. The van der Waals surface area contributed by atoms with Crippen LogP contribution in [-0.4, -0.2) is 43.1 Å². The van der Waals surface area contributed by atoms with Gasteiger partial charge in [-0.2, -0.15) is 0 Å². The molecular weight excluding hydrogens is 417 g/mol. The van der Waals surface area contributed by atoms with Crippen LogP contribution in [0.1, 0.15) is 39.0 Å². The number of carbonyl (C=O) groups excluding carboxylic acids is 1. The molecule has 1 aromatic carbocycles. The van der Waals surface area contributed by atoms with Crippen molar-refractivity contribution in [2.75, 3.05) is 31.6 Å². The van der Waals surface area contributed by atoms with Crippen LogP contribution in [0.2, 0.25) is 0 Å². The predicted molar refractivity (Wildman–Crippen MR) is 109 cm³/mol. The number of carbonyl (C=O) groups is 1. The molecule has 0 amide bonds. The number of hydrogen-bond acceptors (Lipinski definition) is 3. The van der Waals surface area contributed by atoms with E-state index in [4.69, 9.17) is 9.73 Å². The van der Waals surface area contributed by atoms with Crippen LogP contribution in [0.3, 0.4) is 0 Å². The van der Waals surface area contributed by atoms with E-state index in [1.165, 1.54) is 19.3 Å². The Morgan fingerprint density at radius 3 is 2.58 bits per heavy atom. The Hall–Kier alpha value is -1.31. The van der Waals surface area contributed by atoms with Crippen molar-refractivity contribution in [1.82, 2.24) is 4.90 Å². The number of nitrogens with one attached hydrogen (secondary N) is 1. The molecule has 1 heterocycles. The second-order valence-corrected chi connectivity index (χ2v) is 5.65. The number of esters is 1. The molecule has 0 spiro atoms. The minimum atomic E-state index is -0.141. The fourth-order valence-electron chi connectivity index (χ4n) is 2.62. The van der Waals surface area contributed by atoms with Crippen LogP contribution < -0.4 is 5.32 Å². The number of hydrogen-bond donors (Lipinski definition) is 1. The summed E-state index contributed by atoms with van der Waals surface area (Å²) in [6, 6.07) is 10.1. The van der Waals surface area contributed by atoms with Gasteiger partial charge in [-0.15, -0.1) is 24.0 Å². The fourth-order valence-corrected chi connectivity index (χ4v) is 2.62. The van der Waals surface area contributed by atoms with Crippen LogP contribution >= 0.6 is 24.0 Å². The third-order valence-electron chi connectivity index (χ3n) is 3.79. The molecule has 2 rings (SSSR count). The van der Waals surface area contributed by atoms with Gasteiger partial charge in [0.25, 0.3) is 0 Å². The monoisotopic (exact) mass is 445 g/mol. The van der Waals surface area contributed by atoms with Crippen LogP contribution in [0.25, 0.3) is 0 Å². The lowest BCUT2D eigenvalue weighted by Crippen LogP contribution is -2.40. The van der Waals surface area contributed by atoms with Gasteiger partial charge in [-0.25, -0.2) is 0 Å². The van der Waals surface area contributed by atoms with Crippen LogP contribution in [0.15, 0.2) is 35.3 Å². The van der Waals surface area contributed by atoms with E-state index in [0.29, 0.717) is 26.0 Å². The number of rotatable bonds is 6. The maximum Gasteiger partial charge on any atom is 0.305 e. The Bertz CT molecular complexity index is 502. The second kappa shape index (κ2) is 12.1. The lowest BCUT2D eigenvalue weighted by atomic mass is 10.1. The topological polar surface area (TPSA) is 53.9 Å². The van der Waals surface area contributed by atoms with E-state index in [9.17, 15) is 4.79 Å². The molecule has 134 valence electrons. The molecule has 0 saturated carbocycles.